The van der Waals surface area contributed by atoms with Crippen LogP contribution in [0.25, 0.3) is 33.6 Å². The van der Waals surface area contributed by atoms with Crippen LogP contribution in [-0.4, -0.2) is 215 Å². The van der Waals surface area contributed by atoms with Gasteiger partial charge in [-0.3, -0.25) is 4.79 Å². The summed E-state index contributed by atoms with van der Waals surface area (Å²) in [6.07, 6.45) is 13.3. The van der Waals surface area contributed by atoms with Gasteiger partial charge in [-0.25, -0.2) is 14.4 Å². The molecule has 0 bridgehead atoms. The number of aliphatic hydroxyl groups excluding tert-OH is 1. The molecule has 10 aliphatic heterocycles. The SMILES string of the molecule is O=C1OC2(O)C=CC3(O)C45OC(=O)C6=C4C(=CC4=CC7=CC8=C9C%10%11OC7%10C(=C45)C4=C5C%11=C7C%10%11OC%10%12C(=CC%10=CC%13=Cc%14cc%15c%16c%17c%14C%14(O)C%13(O)C(=C%10%11)C%10(O)C7(O)C9(O)c7c(cc9cc%11c%13c%18c9c7C%107OC%147C=%18C%17(O)C7(O)C9=C%10C(=C(C=%137)C7OC%117)C(=O)OC%10(O)C7%10OC7C=CC7(OC%157)C%10=C9%16)C8=O)C=C1C(O)(C5%12O)C21OC431)C(O)C=C6. The summed E-state index contributed by atoms with van der Waals surface area (Å²) in [4.78, 5) is 64.7. The molecular formula is C88H34O27. The Morgan fingerprint density at radius 3 is 2.14 bits per heavy atom. The molecule has 1 saturated carbocycles. The highest BCUT2D eigenvalue weighted by molar-refractivity contribution is 6.24. The summed E-state index contributed by atoms with van der Waals surface area (Å²) >= 11 is 0. The van der Waals surface area contributed by atoms with Gasteiger partial charge < -0.3 is 114 Å². The van der Waals surface area contributed by atoms with Crippen molar-refractivity contribution >= 4 is 57.3 Å². The molecule has 27 heteroatoms. The van der Waals surface area contributed by atoms with Gasteiger partial charge in [0.2, 0.25) is 11.2 Å². The van der Waals surface area contributed by atoms with Crippen LogP contribution in [0.2, 0.25) is 0 Å². The number of fused-ring (bicyclic) bond motifs is 4. The lowest BCUT2D eigenvalue weighted by atomic mass is 9.25. The van der Waals surface area contributed by atoms with Crippen LogP contribution in [0.1, 0.15) is 67.1 Å². The second kappa shape index (κ2) is 12.2. The van der Waals surface area contributed by atoms with Crippen LogP contribution in [0.4, 0.5) is 0 Å². The summed E-state index contributed by atoms with van der Waals surface area (Å²) < 4.78 is 71.9. The Morgan fingerprint density at radius 2 is 1.29 bits per heavy atom. The van der Waals surface area contributed by atoms with Crippen LogP contribution in [0.3, 0.4) is 0 Å². The molecule has 13 N–H and O–H groups in total. The standard InChI is InChI=1S/C88H34O27/c89-31-2-1-24-43-25(31)13-19-9-22-15-29-54(90)28-12-17-11-26-34-36-33(17)48-44(28)72(99)57(29)76-53-51-52-50(73(22,76)112-76)40(19)75(43,110-63(24)91)67(94)5-6-68(95)88(84(52,67)115-88)78(100)30(64(92)109-68)16-23-10-18-7-21-8-20-14-27-35-38-47-49-39(65(93)111-87(49,105)74-32(107-74)3-4-66(58(38)74)62(27)108-66)37(56-55(26)106-56)45(34)70(47,97)71(98)46(35)41(20)79(101)69(21,96)60-42(18)77(83(23,113-77)80(51,78)102)61(53)81(72,103)82(60,104)85(48)86(79,114-85)59(36)71/h1-16,31-32,55-56,62,89,94-105H. The minimum atomic E-state index is -3.75. The van der Waals surface area contributed by atoms with Crippen molar-refractivity contribution in [1.82, 2.24) is 0 Å². The van der Waals surface area contributed by atoms with Crippen molar-refractivity contribution in [3.8, 4) is 0 Å². The maximum absolute atomic E-state index is 17.7. The summed E-state index contributed by atoms with van der Waals surface area (Å²) in [5, 5.41) is 204. The van der Waals surface area contributed by atoms with E-state index in [1.165, 1.54) is 42.5 Å². The van der Waals surface area contributed by atoms with Gasteiger partial charge in [0.15, 0.2) is 107 Å². The lowest BCUT2D eigenvalue weighted by molar-refractivity contribution is -0.296. The Kier molecular flexibility index (Phi) is 5.80. The van der Waals surface area contributed by atoms with Gasteiger partial charge in [0, 0.05) is 123 Å². The van der Waals surface area contributed by atoms with Gasteiger partial charge in [-0.2, -0.15) is 0 Å². The summed E-state index contributed by atoms with van der Waals surface area (Å²) in [6, 6.07) is 5.04. The van der Waals surface area contributed by atoms with Crippen LogP contribution in [-0.2, 0) is 84.2 Å². The lowest BCUT2D eigenvalue weighted by Gasteiger charge is -2.77. The number of Topliss-reactive ketones (excluding diaryl/α,β-unsaturated/α-hetero) is 1. The number of carbonyl (C=O) groups is 4. The number of rotatable bonds is 0. The Balaban J connectivity index is 0.773. The number of hydrogen-bond donors (Lipinski definition) is 13. The van der Waals surface area contributed by atoms with E-state index in [9.17, 15) is 15.3 Å². The van der Waals surface area contributed by atoms with Gasteiger partial charge in [0.1, 0.15) is 30.0 Å². The molecule has 40 rings (SSSR count). The first-order chi connectivity index (χ1) is 54.9. The van der Waals surface area contributed by atoms with Crippen molar-refractivity contribution in [1.29, 1.82) is 0 Å². The van der Waals surface area contributed by atoms with Gasteiger partial charge in [-0.15, -0.1) is 0 Å². The van der Waals surface area contributed by atoms with Crippen molar-refractivity contribution < 1.29 is 133 Å². The molecule has 28 atom stereocenters. The van der Waals surface area contributed by atoms with Gasteiger partial charge in [0.25, 0.3) is 11.6 Å². The summed E-state index contributed by atoms with van der Waals surface area (Å²) in [5.41, 5.74) is -67.2. The zero-order valence-corrected chi connectivity index (χ0v) is 57.2. The summed E-state index contributed by atoms with van der Waals surface area (Å²) in [7, 11) is 0. The molecule has 115 heavy (non-hydrogen) atoms. The largest absolute Gasteiger partial charge is 0.442 e. The number of epoxide rings is 7. The first-order valence-electron chi connectivity index (χ1n) is 38.9. The highest BCUT2D eigenvalue weighted by Gasteiger charge is 3.17. The molecule has 3 aromatic carbocycles. The number of benzene rings is 3. The molecular weight excluding hydrogens is 1490 g/mol. The molecule has 27 aliphatic carbocycles. The van der Waals surface area contributed by atoms with Gasteiger partial charge in [-0.05, 0) is 168 Å². The minimum absolute atomic E-state index is 0.0201. The van der Waals surface area contributed by atoms with E-state index < -0.39 is 217 Å². The minimum Gasteiger partial charge on any atom is -0.442 e. The van der Waals surface area contributed by atoms with Crippen molar-refractivity contribution in [2.45, 2.75) is 160 Å². The topological polar surface area (TPSA) is 447 Å². The Labute approximate surface area is 632 Å². The molecule has 548 valence electrons. The molecule has 0 radical (unpaired) electrons. The third-order valence-corrected chi connectivity index (χ3v) is 37.6. The number of hydrogen-bond acceptors (Lipinski definition) is 27. The zero-order chi connectivity index (χ0) is 75.2. The molecule has 37 aliphatic rings. The second-order valence-electron chi connectivity index (χ2n) is 39.0. The van der Waals surface area contributed by atoms with Crippen LogP contribution < -0.4 is 10.4 Å². The third kappa shape index (κ3) is 3.17. The molecule has 28 unspecified atom stereocenters. The smallest absolute Gasteiger partial charge is 0.341 e. The highest BCUT2D eigenvalue weighted by Crippen LogP contribution is 3.02. The van der Waals surface area contributed by atoms with Gasteiger partial charge in [-0.1, -0.05) is 12.2 Å². The Bertz CT molecular complexity index is 7990. The number of ketones is 1. The van der Waals surface area contributed by atoms with E-state index in [2.05, 4.69) is 0 Å². The zero-order valence-electron chi connectivity index (χ0n) is 57.2. The molecule has 9 saturated heterocycles. The van der Waals surface area contributed by atoms with Crippen molar-refractivity contribution in [3.63, 3.8) is 0 Å². The van der Waals surface area contributed by atoms with E-state index >= 15 is 70.2 Å². The first kappa shape index (κ1) is 54.8. The van der Waals surface area contributed by atoms with Gasteiger partial charge >= 0.3 is 17.9 Å². The average molecular weight is 1520 g/mol. The van der Waals surface area contributed by atoms with E-state index in [0.717, 1.165) is 12.2 Å². The first-order valence-corrected chi connectivity index (χ1v) is 38.9. The van der Waals surface area contributed by atoms with Crippen LogP contribution in [0.5, 0.6) is 0 Å². The van der Waals surface area contributed by atoms with E-state index in [1.54, 1.807) is 36.4 Å². The van der Waals surface area contributed by atoms with E-state index in [0.29, 0.717) is 11.1 Å². The number of aliphatic hydroxyl groups is 13. The highest BCUT2D eigenvalue weighted by atomic mass is 16.8. The summed E-state index contributed by atoms with van der Waals surface area (Å²) in [6.45, 7) is 0. The van der Waals surface area contributed by atoms with Crippen LogP contribution >= 0.6 is 0 Å². The number of carbonyl (C=O) groups excluding carboxylic acids is 4. The maximum Gasteiger partial charge on any atom is 0.341 e. The Morgan fingerprint density at radius 1 is 0.452 bits per heavy atom. The predicted octanol–water partition coefficient (Wildman–Crippen LogP) is -4.17. The molecule has 0 amide bonds. The average Bonchev–Trinajstić information content (AvgIpc) is 1.36. The van der Waals surface area contributed by atoms with E-state index in [1.807, 2.05) is 6.08 Å². The summed E-state index contributed by atoms with van der Waals surface area (Å²) in [5.74, 6) is -10.2. The fraction of sp³-hybridized carbons (Fsp3) is 0.318. The number of allylic oxidation sites excluding steroid dienone is 4. The predicted molar refractivity (Wildman–Crippen MR) is 358 cm³/mol. The van der Waals surface area contributed by atoms with Crippen molar-refractivity contribution in [2.24, 2.45) is 0 Å². The second-order valence-corrected chi connectivity index (χ2v) is 39.0. The normalized spacial score (nSPS) is 59.1. The molecule has 10 fully saturated rings. The van der Waals surface area contributed by atoms with Crippen LogP contribution in [0, 0.1) is 0 Å². The quantitative estimate of drug-likeness (QED) is 0.0440. The molecule has 3 aromatic rings. The molecule has 11 spiro atoms. The van der Waals surface area contributed by atoms with E-state index in [4.69, 9.17) is 47.4 Å². The Hall–Kier alpha value is -10.00. The third-order valence-electron chi connectivity index (χ3n) is 37.6. The van der Waals surface area contributed by atoms with E-state index in [-0.39, 0.29) is 177 Å². The fourth-order valence-electron chi connectivity index (χ4n) is 35.2. The maximum atomic E-state index is 17.7. The lowest BCUT2D eigenvalue weighted by Crippen LogP contribution is -2.93. The van der Waals surface area contributed by atoms with Gasteiger partial charge in [0.05, 0.1) is 22.8 Å². The molecule has 10 heterocycles. The molecule has 0 aromatic heterocycles. The number of esters is 3. The monoisotopic (exact) mass is 1520 g/mol. The van der Waals surface area contributed by atoms with Crippen molar-refractivity contribution in [3.05, 3.63) is 285 Å². The molecule has 27 nitrogen and oxygen atoms in total. The fourth-order valence-corrected chi connectivity index (χ4v) is 35.2. The van der Waals surface area contributed by atoms with Crippen LogP contribution in [0.15, 0.2) is 225 Å². The van der Waals surface area contributed by atoms with Crippen molar-refractivity contribution in [2.75, 3.05) is 0 Å². The number of ether oxygens (including phenoxy) is 10.